The van der Waals surface area contributed by atoms with Gasteiger partial charge in [-0.05, 0) is 25.8 Å². The van der Waals surface area contributed by atoms with Crippen molar-refractivity contribution >= 4 is 11.8 Å². The number of nitrogens with one attached hydrogen (secondary N) is 1. The minimum absolute atomic E-state index is 0.278. The molecule has 3 unspecified atom stereocenters. The summed E-state index contributed by atoms with van der Waals surface area (Å²) in [5.74, 6) is 0.836. The van der Waals surface area contributed by atoms with Crippen molar-refractivity contribution in [3.05, 3.63) is 0 Å². The van der Waals surface area contributed by atoms with Gasteiger partial charge in [0.05, 0.1) is 19.3 Å². The van der Waals surface area contributed by atoms with E-state index in [2.05, 4.69) is 24.0 Å². The highest BCUT2D eigenvalue weighted by Gasteiger charge is 2.45. The van der Waals surface area contributed by atoms with Gasteiger partial charge in [0.25, 0.3) is 0 Å². The fourth-order valence-corrected chi connectivity index (χ4v) is 5.11. The van der Waals surface area contributed by atoms with Crippen LogP contribution in [0.5, 0.6) is 0 Å². The Morgan fingerprint density at radius 1 is 1.20 bits per heavy atom. The standard InChI is InChI=1S/C15H27NO3S/c1-2-16-13-5-6-15(18-8-9-19-15)10-14(13)20-11-12-4-3-7-17-12/h12-14,16H,2-11H2,1H3. The van der Waals surface area contributed by atoms with Crippen molar-refractivity contribution in [3.8, 4) is 0 Å². The van der Waals surface area contributed by atoms with E-state index in [-0.39, 0.29) is 5.79 Å². The summed E-state index contributed by atoms with van der Waals surface area (Å²) in [6, 6.07) is 0.588. The summed E-state index contributed by atoms with van der Waals surface area (Å²) >= 11 is 2.06. The van der Waals surface area contributed by atoms with Crippen molar-refractivity contribution in [2.75, 3.05) is 32.1 Å². The molecule has 1 spiro atoms. The maximum atomic E-state index is 5.92. The number of hydrogen-bond acceptors (Lipinski definition) is 5. The topological polar surface area (TPSA) is 39.7 Å². The molecule has 20 heavy (non-hydrogen) atoms. The summed E-state index contributed by atoms with van der Waals surface area (Å²) in [6.07, 6.45) is 6.11. The first-order valence-electron chi connectivity index (χ1n) is 8.06. The molecule has 3 atom stereocenters. The second-order valence-electron chi connectivity index (χ2n) is 6.02. The predicted molar refractivity (Wildman–Crippen MR) is 81.2 cm³/mol. The van der Waals surface area contributed by atoms with E-state index in [1.54, 1.807) is 0 Å². The zero-order valence-electron chi connectivity index (χ0n) is 12.4. The second-order valence-corrected chi connectivity index (χ2v) is 7.29. The fraction of sp³-hybridized carbons (Fsp3) is 1.00. The molecule has 0 aromatic carbocycles. The average molecular weight is 301 g/mol. The molecule has 1 saturated carbocycles. The lowest BCUT2D eigenvalue weighted by atomic mass is 9.89. The van der Waals surface area contributed by atoms with Crippen molar-refractivity contribution in [2.24, 2.45) is 0 Å². The van der Waals surface area contributed by atoms with E-state index in [0.717, 1.165) is 51.4 Å². The maximum absolute atomic E-state index is 5.92. The summed E-state index contributed by atoms with van der Waals surface area (Å²) in [4.78, 5) is 0. The Morgan fingerprint density at radius 3 is 2.75 bits per heavy atom. The molecule has 3 aliphatic rings. The van der Waals surface area contributed by atoms with Crippen LogP contribution in [0.15, 0.2) is 0 Å². The highest BCUT2D eigenvalue weighted by molar-refractivity contribution is 8.00. The zero-order valence-corrected chi connectivity index (χ0v) is 13.3. The van der Waals surface area contributed by atoms with Crippen LogP contribution in [0, 0.1) is 0 Å². The largest absolute Gasteiger partial charge is 0.377 e. The van der Waals surface area contributed by atoms with Gasteiger partial charge in [0, 0.05) is 36.5 Å². The van der Waals surface area contributed by atoms with Gasteiger partial charge < -0.3 is 19.5 Å². The highest BCUT2D eigenvalue weighted by Crippen LogP contribution is 2.41. The Morgan fingerprint density at radius 2 is 2.05 bits per heavy atom. The van der Waals surface area contributed by atoms with E-state index in [9.17, 15) is 0 Å². The summed E-state index contributed by atoms with van der Waals surface area (Å²) in [5.41, 5.74) is 0. The Labute approximate surface area is 126 Å². The van der Waals surface area contributed by atoms with E-state index in [1.807, 2.05) is 0 Å². The minimum atomic E-state index is -0.278. The average Bonchev–Trinajstić information content (AvgIpc) is 3.12. The number of hydrogen-bond donors (Lipinski definition) is 1. The molecule has 2 heterocycles. The molecule has 0 radical (unpaired) electrons. The van der Waals surface area contributed by atoms with Gasteiger partial charge in [-0.15, -0.1) is 0 Å². The Hall–Kier alpha value is 0.190. The van der Waals surface area contributed by atoms with Gasteiger partial charge in [0.15, 0.2) is 5.79 Å². The number of ether oxygens (including phenoxy) is 3. The van der Waals surface area contributed by atoms with Gasteiger partial charge in [-0.25, -0.2) is 0 Å². The maximum Gasteiger partial charge on any atom is 0.169 e. The second kappa shape index (κ2) is 6.97. The van der Waals surface area contributed by atoms with Crippen LogP contribution in [0.2, 0.25) is 0 Å². The smallest absolute Gasteiger partial charge is 0.169 e. The van der Waals surface area contributed by atoms with E-state index >= 15 is 0 Å². The van der Waals surface area contributed by atoms with E-state index in [1.165, 1.54) is 12.8 Å². The lowest BCUT2D eigenvalue weighted by Gasteiger charge is -2.41. The molecule has 5 heteroatoms. The van der Waals surface area contributed by atoms with Crippen LogP contribution in [-0.2, 0) is 14.2 Å². The molecule has 0 amide bonds. The number of thioether (sulfide) groups is 1. The molecule has 4 nitrogen and oxygen atoms in total. The quantitative estimate of drug-likeness (QED) is 0.843. The van der Waals surface area contributed by atoms with Crippen molar-refractivity contribution in [1.82, 2.24) is 5.32 Å². The normalized spacial score (nSPS) is 36.8. The third-order valence-corrected chi connectivity index (χ3v) is 6.08. The molecular weight excluding hydrogens is 274 g/mol. The third-order valence-electron chi connectivity index (χ3n) is 4.60. The van der Waals surface area contributed by atoms with Crippen molar-refractivity contribution in [1.29, 1.82) is 0 Å². The summed E-state index contributed by atoms with van der Waals surface area (Å²) < 4.78 is 17.6. The van der Waals surface area contributed by atoms with Crippen LogP contribution >= 0.6 is 11.8 Å². The Kier molecular flexibility index (Phi) is 5.26. The summed E-state index contributed by atoms with van der Waals surface area (Å²) in [6.45, 7) is 5.69. The van der Waals surface area contributed by atoms with Gasteiger partial charge in [-0.2, -0.15) is 11.8 Å². The van der Waals surface area contributed by atoms with Gasteiger partial charge >= 0.3 is 0 Å². The Bertz CT molecular complexity index is 303. The van der Waals surface area contributed by atoms with E-state index in [0.29, 0.717) is 17.4 Å². The molecular formula is C15H27NO3S. The lowest BCUT2D eigenvalue weighted by Crippen LogP contribution is -2.50. The van der Waals surface area contributed by atoms with Crippen LogP contribution < -0.4 is 5.32 Å². The van der Waals surface area contributed by atoms with Crippen LogP contribution in [0.4, 0.5) is 0 Å². The molecule has 2 aliphatic heterocycles. The van der Waals surface area contributed by atoms with Crippen molar-refractivity contribution in [3.63, 3.8) is 0 Å². The molecule has 3 fully saturated rings. The number of rotatable bonds is 5. The monoisotopic (exact) mass is 301 g/mol. The first kappa shape index (κ1) is 15.1. The van der Waals surface area contributed by atoms with Crippen molar-refractivity contribution in [2.45, 2.75) is 62.2 Å². The Balaban J connectivity index is 1.56. The first-order chi connectivity index (χ1) is 9.81. The minimum Gasteiger partial charge on any atom is -0.377 e. The SMILES string of the molecule is CCNC1CCC2(CC1SCC1CCCO1)OCCO2. The third kappa shape index (κ3) is 3.50. The lowest BCUT2D eigenvalue weighted by molar-refractivity contribution is -0.178. The van der Waals surface area contributed by atoms with Crippen molar-refractivity contribution < 1.29 is 14.2 Å². The van der Waals surface area contributed by atoms with Gasteiger partial charge in [0.2, 0.25) is 0 Å². The molecule has 116 valence electrons. The van der Waals surface area contributed by atoms with Gasteiger partial charge in [0.1, 0.15) is 0 Å². The fourth-order valence-electron chi connectivity index (χ4n) is 3.55. The highest BCUT2D eigenvalue weighted by atomic mass is 32.2. The molecule has 0 bridgehead atoms. The zero-order chi connectivity index (χ0) is 13.8. The van der Waals surface area contributed by atoms with Crippen LogP contribution in [-0.4, -0.2) is 55.3 Å². The summed E-state index contributed by atoms with van der Waals surface area (Å²) in [5, 5.41) is 4.22. The van der Waals surface area contributed by atoms with Crippen LogP contribution in [0.25, 0.3) is 0 Å². The molecule has 0 aromatic heterocycles. The van der Waals surface area contributed by atoms with Gasteiger partial charge in [-0.3, -0.25) is 0 Å². The van der Waals surface area contributed by atoms with Crippen LogP contribution in [0.1, 0.15) is 39.0 Å². The first-order valence-corrected chi connectivity index (χ1v) is 9.11. The molecule has 3 rings (SSSR count). The van der Waals surface area contributed by atoms with Crippen LogP contribution in [0.3, 0.4) is 0 Å². The van der Waals surface area contributed by atoms with Gasteiger partial charge in [-0.1, -0.05) is 6.92 Å². The van der Waals surface area contributed by atoms with E-state index < -0.39 is 0 Å². The molecule has 1 N–H and O–H groups in total. The molecule has 0 aromatic rings. The molecule has 1 aliphatic carbocycles. The molecule has 2 saturated heterocycles. The summed E-state index contributed by atoms with van der Waals surface area (Å²) in [7, 11) is 0. The predicted octanol–water partition coefficient (Wildman–Crippen LogP) is 2.17. The van der Waals surface area contributed by atoms with E-state index in [4.69, 9.17) is 14.2 Å².